The molecule has 0 bridgehead atoms. The number of amides is 4. The highest BCUT2D eigenvalue weighted by atomic mass is 35.5. The van der Waals surface area contributed by atoms with Crippen molar-refractivity contribution < 1.29 is 14.4 Å². The average molecular weight is 490 g/mol. The molecule has 0 spiro atoms. The van der Waals surface area contributed by atoms with E-state index in [0.717, 1.165) is 17.7 Å². The van der Waals surface area contributed by atoms with E-state index in [9.17, 15) is 14.4 Å². The van der Waals surface area contributed by atoms with Gasteiger partial charge >= 0.3 is 6.03 Å². The molecule has 4 amide bonds. The Balaban J connectivity index is 1.28. The van der Waals surface area contributed by atoms with Crippen LogP contribution in [0.5, 0.6) is 0 Å². The van der Waals surface area contributed by atoms with E-state index >= 15 is 0 Å². The first-order valence-electron chi connectivity index (χ1n) is 10.8. The van der Waals surface area contributed by atoms with E-state index < -0.39 is 5.91 Å². The number of nitrogens with one attached hydrogen (secondary N) is 2. The van der Waals surface area contributed by atoms with Gasteiger partial charge in [0.2, 0.25) is 5.91 Å². The topological polar surface area (TPSA) is 108 Å². The van der Waals surface area contributed by atoms with Gasteiger partial charge in [-0.05, 0) is 43.0 Å². The molecule has 1 saturated heterocycles. The van der Waals surface area contributed by atoms with Crippen molar-refractivity contribution >= 4 is 52.4 Å². The summed E-state index contributed by atoms with van der Waals surface area (Å²) < 4.78 is 0. The van der Waals surface area contributed by atoms with Crippen LogP contribution in [-0.2, 0) is 11.2 Å². The largest absolute Gasteiger partial charge is 0.396 e. The lowest BCUT2D eigenvalue weighted by Gasteiger charge is -2.38. The molecule has 2 aliphatic rings. The van der Waals surface area contributed by atoms with Gasteiger partial charge in [-0.3, -0.25) is 9.59 Å². The maximum atomic E-state index is 12.7. The third-order valence-electron chi connectivity index (χ3n) is 6.14. The van der Waals surface area contributed by atoms with E-state index in [0.29, 0.717) is 32.5 Å². The number of urea groups is 1. The van der Waals surface area contributed by atoms with Gasteiger partial charge in [0.05, 0.1) is 22.3 Å². The molecule has 0 atom stereocenters. The number of likely N-dealkylation sites (tertiary alicyclic amines) is 1. The number of halogens is 2. The van der Waals surface area contributed by atoms with Crippen molar-refractivity contribution in [2.45, 2.75) is 25.3 Å². The molecule has 2 heterocycles. The highest BCUT2D eigenvalue weighted by molar-refractivity contribution is 6.39. The predicted molar refractivity (Wildman–Crippen MR) is 129 cm³/mol. The third kappa shape index (κ3) is 5.17. The Hall–Kier alpha value is -2.97. The van der Waals surface area contributed by atoms with Gasteiger partial charge in [-0.2, -0.15) is 0 Å². The molecular formula is C23H25Cl2N5O3. The number of para-hydroxylation sites is 1. The van der Waals surface area contributed by atoms with E-state index in [2.05, 4.69) is 10.6 Å². The summed E-state index contributed by atoms with van der Waals surface area (Å²) in [5.41, 5.74) is 8.11. The van der Waals surface area contributed by atoms with Crippen LogP contribution in [0.25, 0.3) is 0 Å². The van der Waals surface area contributed by atoms with Crippen molar-refractivity contribution in [2.75, 3.05) is 37.2 Å². The van der Waals surface area contributed by atoms with Crippen LogP contribution in [-0.4, -0.2) is 59.9 Å². The Kier molecular flexibility index (Phi) is 6.95. The van der Waals surface area contributed by atoms with Gasteiger partial charge in [0, 0.05) is 36.9 Å². The fourth-order valence-corrected chi connectivity index (χ4v) is 4.74. The van der Waals surface area contributed by atoms with Crippen LogP contribution in [0.15, 0.2) is 36.4 Å². The normalized spacial score (nSPS) is 16.6. The molecule has 0 radical (unpaired) electrons. The average Bonchev–Trinajstić information content (AvgIpc) is 2.98. The summed E-state index contributed by atoms with van der Waals surface area (Å²) in [6, 6.07) is 10.6. The van der Waals surface area contributed by atoms with E-state index in [4.69, 9.17) is 28.9 Å². The fraction of sp³-hybridized carbons (Fsp3) is 0.348. The summed E-state index contributed by atoms with van der Waals surface area (Å²) >= 11 is 12.0. The zero-order valence-electron chi connectivity index (χ0n) is 17.9. The number of carbonyl (C=O) groups is 3. The van der Waals surface area contributed by atoms with Crippen LogP contribution in [0.2, 0.25) is 10.0 Å². The fourth-order valence-electron chi connectivity index (χ4n) is 4.25. The van der Waals surface area contributed by atoms with E-state index in [1.165, 1.54) is 12.1 Å². The summed E-state index contributed by atoms with van der Waals surface area (Å²) in [5.74, 6) is -0.634. The quantitative estimate of drug-likeness (QED) is 0.571. The number of piperidine rings is 1. The van der Waals surface area contributed by atoms with Gasteiger partial charge in [-0.25, -0.2) is 4.79 Å². The number of nitrogens with two attached hydrogens (primary N) is 1. The minimum atomic E-state index is -0.456. The second-order valence-electron chi connectivity index (χ2n) is 8.18. The second kappa shape index (κ2) is 9.89. The number of rotatable bonds is 4. The number of carbonyl (C=O) groups excluding carboxylic acids is 3. The number of hydrogen-bond acceptors (Lipinski definition) is 4. The smallest absolute Gasteiger partial charge is 0.322 e. The first-order valence-corrected chi connectivity index (χ1v) is 11.5. The summed E-state index contributed by atoms with van der Waals surface area (Å²) in [6.07, 6.45) is 2.17. The number of hydrogen-bond donors (Lipinski definition) is 3. The van der Waals surface area contributed by atoms with Crippen LogP contribution in [0.1, 0.15) is 28.8 Å². The third-order valence-corrected chi connectivity index (χ3v) is 6.77. The summed E-state index contributed by atoms with van der Waals surface area (Å²) in [5, 5.41) is 5.97. The van der Waals surface area contributed by atoms with Crippen molar-refractivity contribution in [3.63, 3.8) is 0 Å². The molecule has 4 N–H and O–H groups in total. The van der Waals surface area contributed by atoms with Gasteiger partial charge in [-0.15, -0.1) is 0 Å². The zero-order valence-corrected chi connectivity index (χ0v) is 19.5. The van der Waals surface area contributed by atoms with Gasteiger partial charge in [0.15, 0.2) is 0 Å². The van der Waals surface area contributed by atoms with Crippen molar-refractivity contribution in [3.8, 4) is 0 Å². The molecule has 8 nitrogen and oxygen atoms in total. The van der Waals surface area contributed by atoms with Crippen LogP contribution < -0.4 is 16.4 Å². The predicted octanol–water partition coefficient (Wildman–Crippen LogP) is 3.39. The second-order valence-corrected chi connectivity index (χ2v) is 8.99. The molecule has 2 aliphatic heterocycles. The highest BCUT2D eigenvalue weighted by Gasteiger charge is 2.31. The van der Waals surface area contributed by atoms with Crippen LogP contribution in [0.4, 0.5) is 16.2 Å². The Morgan fingerprint density at radius 2 is 1.76 bits per heavy atom. The Labute approximate surface area is 202 Å². The van der Waals surface area contributed by atoms with Crippen LogP contribution >= 0.6 is 23.2 Å². The number of nitrogen functional groups attached to an aromatic ring is 1. The molecule has 4 rings (SSSR count). The molecule has 2 aromatic rings. The molecule has 0 aliphatic carbocycles. The van der Waals surface area contributed by atoms with E-state index in [1.807, 2.05) is 29.2 Å². The Morgan fingerprint density at radius 1 is 1.09 bits per heavy atom. The summed E-state index contributed by atoms with van der Waals surface area (Å²) in [7, 11) is 0. The maximum Gasteiger partial charge on any atom is 0.322 e. The number of nitrogens with zero attached hydrogens (tertiary/aromatic N) is 2. The Bertz CT molecular complexity index is 1060. The Morgan fingerprint density at radius 3 is 2.45 bits per heavy atom. The van der Waals surface area contributed by atoms with Crippen molar-refractivity contribution in [3.05, 3.63) is 57.6 Å². The standard InChI is InChI=1S/C23H25Cl2N5O3/c24-17-11-15(12-18(25)21(17)26)22(32)27-13-20(31)29-8-6-16(7-9-29)30-10-5-14-3-1-2-4-19(14)28-23(30)33/h1-4,11-12,16H,5-10,13,26H2,(H,27,32)(H,28,33). The molecule has 174 valence electrons. The van der Waals surface area contributed by atoms with Gasteiger partial charge in [0.1, 0.15) is 0 Å². The minimum absolute atomic E-state index is 0.0667. The molecule has 0 saturated carbocycles. The van der Waals surface area contributed by atoms with Gasteiger partial charge in [0.25, 0.3) is 5.91 Å². The van der Waals surface area contributed by atoms with Crippen LogP contribution in [0.3, 0.4) is 0 Å². The van der Waals surface area contributed by atoms with E-state index in [-0.39, 0.29) is 45.8 Å². The SMILES string of the molecule is Nc1c(Cl)cc(C(=O)NCC(=O)N2CCC(N3CCc4ccccc4NC3=O)CC2)cc1Cl. The molecular weight excluding hydrogens is 465 g/mol. The van der Waals surface area contributed by atoms with Crippen LogP contribution in [0, 0.1) is 0 Å². The molecule has 33 heavy (non-hydrogen) atoms. The van der Waals surface area contributed by atoms with Gasteiger partial charge < -0.3 is 26.2 Å². The first-order chi connectivity index (χ1) is 15.8. The maximum absolute atomic E-state index is 12.7. The molecule has 2 aromatic carbocycles. The minimum Gasteiger partial charge on any atom is -0.396 e. The molecule has 1 fully saturated rings. The number of benzene rings is 2. The van der Waals surface area contributed by atoms with Gasteiger partial charge in [-0.1, -0.05) is 41.4 Å². The summed E-state index contributed by atoms with van der Waals surface area (Å²) in [6.45, 7) is 1.55. The highest BCUT2D eigenvalue weighted by Crippen LogP contribution is 2.29. The number of fused-ring (bicyclic) bond motifs is 1. The lowest BCUT2D eigenvalue weighted by Crippen LogP contribution is -2.51. The lowest BCUT2D eigenvalue weighted by molar-refractivity contribution is -0.131. The monoisotopic (exact) mass is 489 g/mol. The first kappa shape index (κ1) is 23.2. The molecule has 0 aromatic heterocycles. The molecule has 10 heteroatoms. The molecule has 0 unspecified atom stereocenters. The van der Waals surface area contributed by atoms with Crippen molar-refractivity contribution in [1.82, 2.24) is 15.1 Å². The zero-order chi connectivity index (χ0) is 23.5. The summed E-state index contributed by atoms with van der Waals surface area (Å²) in [4.78, 5) is 41.3. The van der Waals surface area contributed by atoms with Crippen molar-refractivity contribution in [2.24, 2.45) is 0 Å². The van der Waals surface area contributed by atoms with E-state index in [1.54, 1.807) is 4.90 Å². The number of anilines is 2. The lowest BCUT2D eigenvalue weighted by atomic mass is 10.0. The van der Waals surface area contributed by atoms with Crippen molar-refractivity contribution in [1.29, 1.82) is 0 Å².